The van der Waals surface area contributed by atoms with Crippen LogP contribution in [0.5, 0.6) is 0 Å². The van der Waals surface area contributed by atoms with E-state index in [-0.39, 0.29) is 6.42 Å². The van der Waals surface area contributed by atoms with E-state index in [1.807, 2.05) is 5.38 Å². The zero-order chi connectivity index (χ0) is 15.4. The number of hydrogen-bond acceptors (Lipinski definition) is 4. The number of aliphatic carboxylic acids is 1. The number of carbonyl (C=O) groups excluding carboxylic acids is 2. The van der Waals surface area contributed by atoms with Gasteiger partial charge in [-0.25, -0.2) is 9.59 Å². The summed E-state index contributed by atoms with van der Waals surface area (Å²) in [6.07, 6.45) is 1.29. The maximum Gasteiger partial charge on any atom is 0.331 e. The number of rotatable bonds is 5. The van der Waals surface area contributed by atoms with Crippen LogP contribution in [-0.2, 0) is 16.0 Å². The van der Waals surface area contributed by atoms with Crippen molar-refractivity contribution in [2.75, 3.05) is 13.1 Å². The van der Waals surface area contributed by atoms with E-state index in [1.165, 1.54) is 16.2 Å². The van der Waals surface area contributed by atoms with E-state index in [0.717, 1.165) is 4.88 Å². The third-order valence-corrected chi connectivity index (χ3v) is 4.33. The fourth-order valence-corrected chi connectivity index (χ4v) is 3.26. The SMILES string of the molecule is NC(=O)CCCNC(=O)N1CCc2sccc2C1C(=O)O. The Morgan fingerprint density at radius 1 is 1.48 bits per heavy atom. The molecular formula is C13H17N3O4S. The van der Waals surface area contributed by atoms with Crippen molar-refractivity contribution in [3.63, 3.8) is 0 Å². The number of urea groups is 1. The van der Waals surface area contributed by atoms with Gasteiger partial charge in [0.05, 0.1) is 0 Å². The van der Waals surface area contributed by atoms with Gasteiger partial charge in [0.25, 0.3) is 0 Å². The van der Waals surface area contributed by atoms with Gasteiger partial charge in [0.15, 0.2) is 6.04 Å². The minimum Gasteiger partial charge on any atom is -0.479 e. The molecule has 0 saturated carbocycles. The van der Waals surface area contributed by atoms with Crippen LogP contribution in [0.1, 0.15) is 29.3 Å². The highest BCUT2D eigenvalue weighted by Gasteiger charge is 2.36. The first-order chi connectivity index (χ1) is 10.0. The summed E-state index contributed by atoms with van der Waals surface area (Å²) < 4.78 is 0. The molecule has 1 aromatic rings. The Morgan fingerprint density at radius 2 is 2.24 bits per heavy atom. The Labute approximate surface area is 125 Å². The predicted octanol–water partition coefficient (Wildman–Crippen LogP) is 0.707. The van der Waals surface area contributed by atoms with Crippen LogP contribution in [0.4, 0.5) is 4.79 Å². The molecule has 0 aliphatic carbocycles. The first kappa shape index (κ1) is 15.3. The lowest BCUT2D eigenvalue weighted by atomic mass is 10.0. The number of nitrogens with one attached hydrogen (secondary N) is 1. The van der Waals surface area contributed by atoms with Crippen LogP contribution in [0.2, 0.25) is 0 Å². The van der Waals surface area contributed by atoms with Crippen molar-refractivity contribution < 1.29 is 19.5 Å². The summed E-state index contributed by atoms with van der Waals surface area (Å²) in [5.74, 6) is -1.46. The first-order valence-electron chi connectivity index (χ1n) is 6.62. The van der Waals surface area contributed by atoms with Crippen molar-refractivity contribution >= 4 is 29.2 Å². The molecule has 21 heavy (non-hydrogen) atoms. The van der Waals surface area contributed by atoms with Crippen molar-refractivity contribution in [1.29, 1.82) is 0 Å². The normalized spacial score (nSPS) is 17.1. The topological polar surface area (TPSA) is 113 Å². The van der Waals surface area contributed by atoms with E-state index < -0.39 is 23.9 Å². The van der Waals surface area contributed by atoms with Gasteiger partial charge in [0.1, 0.15) is 0 Å². The maximum absolute atomic E-state index is 12.1. The van der Waals surface area contributed by atoms with E-state index in [0.29, 0.717) is 31.5 Å². The summed E-state index contributed by atoms with van der Waals surface area (Å²) >= 11 is 1.51. The highest BCUT2D eigenvalue weighted by Crippen LogP contribution is 2.33. The summed E-state index contributed by atoms with van der Waals surface area (Å²) in [5.41, 5.74) is 5.70. The number of fused-ring (bicyclic) bond motifs is 1. The van der Waals surface area contributed by atoms with Gasteiger partial charge >= 0.3 is 12.0 Å². The molecule has 0 bridgehead atoms. The summed E-state index contributed by atoms with van der Waals surface area (Å²) in [4.78, 5) is 36.6. The van der Waals surface area contributed by atoms with Gasteiger partial charge < -0.3 is 21.1 Å². The van der Waals surface area contributed by atoms with E-state index in [9.17, 15) is 19.5 Å². The Bertz CT molecular complexity index is 557. The number of carboxylic acids is 1. The van der Waals surface area contributed by atoms with Crippen molar-refractivity contribution in [3.8, 4) is 0 Å². The number of hydrogen-bond donors (Lipinski definition) is 3. The second-order valence-corrected chi connectivity index (χ2v) is 5.79. The van der Waals surface area contributed by atoms with Crippen molar-refractivity contribution in [2.24, 2.45) is 5.73 Å². The van der Waals surface area contributed by atoms with E-state index >= 15 is 0 Å². The Hall–Kier alpha value is -2.09. The predicted molar refractivity (Wildman–Crippen MR) is 76.9 cm³/mol. The Balaban J connectivity index is 2.00. The highest BCUT2D eigenvalue weighted by atomic mass is 32.1. The lowest BCUT2D eigenvalue weighted by molar-refractivity contribution is -0.142. The average Bonchev–Trinajstić information content (AvgIpc) is 2.89. The molecule has 1 aliphatic rings. The highest BCUT2D eigenvalue weighted by molar-refractivity contribution is 7.10. The molecule has 0 radical (unpaired) electrons. The monoisotopic (exact) mass is 311 g/mol. The standard InChI is InChI=1S/C13H17N3O4S/c14-10(17)2-1-5-15-13(20)16-6-3-9-8(4-7-21-9)11(16)12(18)19/h4,7,11H,1-3,5-6H2,(H2,14,17)(H,15,20)(H,18,19). The lowest BCUT2D eigenvalue weighted by Crippen LogP contribution is -2.48. The van der Waals surface area contributed by atoms with Crippen LogP contribution in [0.3, 0.4) is 0 Å². The lowest BCUT2D eigenvalue weighted by Gasteiger charge is -2.33. The van der Waals surface area contributed by atoms with Crippen molar-refractivity contribution in [3.05, 3.63) is 21.9 Å². The van der Waals surface area contributed by atoms with Crippen molar-refractivity contribution in [1.82, 2.24) is 10.2 Å². The molecule has 1 atom stereocenters. The maximum atomic E-state index is 12.1. The molecule has 114 valence electrons. The van der Waals surface area contributed by atoms with Crippen molar-refractivity contribution in [2.45, 2.75) is 25.3 Å². The third kappa shape index (κ3) is 3.52. The van der Waals surface area contributed by atoms with Gasteiger partial charge in [-0.15, -0.1) is 11.3 Å². The molecule has 0 fully saturated rings. The van der Waals surface area contributed by atoms with Gasteiger partial charge in [0, 0.05) is 24.4 Å². The summed E-state index contributed by atoms with van der Waals surface area (Å²) in [6, 6.07) is 0.380. The largest absolute Gasteiger partial charge is 0.479 e. The molecular weight excluding hydrogens is 294 g/mol. The molecule has 0 saturated heterocycles. The van der Waals surface area contributed by atoms with E-state index in [2.05, 4.69) is 5.32 Å². The number of primary amides is 1. The summed E-state index contributed by atoms with van der Waals surface area (Å²) in [7, 11) is 0. The van der Waals surface area contributed by atoms with Gasteiger partial charge in [-0.05, 0) is 29.9 Å². The van der Waals surface area contributed by atoms with E-state index in [4.69, 9.17) is 5.73 Å². The molecule has 1 unspecified atom stereocenters. The number of nitrogens with two attached hydrogens (primary N) is 1. The average molecular weight is 311 g/mol. The molecule has 2 heterocycles. The molecule has 7 nitrogen and oxygen atoms in total. The van der Waals surface area contributed by atoms with Gasteiger partial charge in [-0.2, -0.15) is 0 Å². The number of amides is 3. The molecule has 2 rings (SSSR count). The Kier molecular flexibility index (Phi) is 4.79. The molecule has 4 N–H and O–H groups in total. The second-order valence-electron chi connectivity index (χ2n) is 4.79. The number of carboxylic acid groups (broad SMARTS) is 1. The zero-order valence-corrected chi connectivity index (χ0v) is 12.2. The first-order valence-corrected chi connectivity index (χ1v) is 7.50. The quantitative estimate of drug-likeness (QED) is 0.695. The number of thiophene rings is 1. The van der Waals surface area contributed by atoms with Crippen LogP contribution < -0.4 is 11.1 Å². The van der Waals surface area contributed by atoms with Gasteiger partial charge in [-0.1, -0.05) is 0 Å². The number of carbonyl (C=O) groups is 3. The summed E-state index contributed by atoms with van der Waals surface area (Å²) in [5, 5.41) is 13.9. The van der Waals surface area contributed by atoms with Gasteiger partial charge in [-0.3, -0.25) is 4.79 Å². The smallest absolute Gasteiger partial charge is 0.331 e. The van der Waals surface area contributed by atoms with Crippen LogP contribution in [-0.4, -0.2) is 41.0 Å². The molecule has 1 aliphatic heterocycles. The Morgan fingerprint density at radius 3 is 2.90 bits per heavy atom. The van der Waals surface area contributed by atoms with E-state index in [1.54, 1.807) is 6.07 Å². The second kappa shape index (κ2) is 6.57. The van der Waals surface area contributed by atoms with Crippen LogP contribution in [0.15, 0.2) is 11.4 Å². The fraction of sp³-hybridized carbons (Fsp3) is 0.462. The fourth-order valence-electron chi connectivity index (χ4n) is 2.36. The minimum atomic E-state index is -1.04. The minimum absolute atomic E-state index is 0.192. The third-order valence-electron chi connectivity index (χ3n) is 3.34. The summed E-state index contributed by atoms with van der Waals surface area (Å²) in [6.45, 7) is 0.660. The van der Waals surface area contributed by atoms with Crippen LogP contribution in [0.25, 0.3) is 0 Å². The molecule has 0 spiro atoms. The molecule has 8 heteroatoms. The van der Waals surface area contributed by atoms with Gasteiger partial charge in [0.2, 0.25) is 5.91 Å². The van der Waals surface area contributed by atoms with Crippen LogP contribution >= 0.6 is 11.3 Å². The van der Waals surface area contributed by atoms with Crippen LogP contribution in [0, 0.1) is 0 Å². The number of nitrogens with zero attached hydrogens (tertiary/aromatic N) is 1. The molecule has 0 aromatic carbocycles. The zero-order valence-electron chi connectivity index (χ0n) is 11.4. The molecule has 3 amide bonds. The molecule has 1 aromatic heterocycles.